The van der Waals surface area contributed by atoms with Gasteiger partial charge in [-0.1, -0.05) is 0 Å². The minimum atomic E-state index is -0.542. The maximum atomic E-state index is 10.8. The van der Waals surface area contributed by atoms with Crippen LogP contribution in [0.2, 0.25) is 0 Å². The van der Waals surface area contributed by atoms with E-state index in [2.05, 4.69) is 10.6 Å². The first-order chi connectivity index (χ1) is 9.06. The molecule has 1 aromatic carbocycles. The van der Waals surface area contributed by atoms with Crippen molar-refractivity contribution in [2.24, 2.45) is 0 Å². The lowest BCUT2D eigenvalue weighted by Crippen LogP contribution is -2.18. The van der Waals surface area contributed by atoms with Gasteiger partial charge >= 0.3 is 0 Å². The number of non-ortho nitro benzene ring substituents is 1. The largest absolute Gasteiger partial charge is 0.391 e. The number of aliphatic hydroxyl groups excluding tert-OH is 1. The van der Waals surface area contributed by atoms with Crippen molar-refractivity contribution in [3.05, 3.63) is 28.3 Å². The van der Waals surface area contributed by atoms with Crippen LogP contribution in [-0.2, 0) is 4.74 Å². The monoisotopic (exact) mass is 269 g/mol. The van der Waals surface area contributed by atoms with E-state index in [4.69, 9.17) is 4.74 Å². The highest BCUT2D eigenvalue weighted by Gasteiger charge is 2.09. The molecule has 0 aliphatic rings. The van der Waals surface area contributed by atoms with Gasteiger partial charge in [-0.05, 0) is 12.5 Å². The molecule has 7 heteroatoms. The molecule has 0 spiro atoms. The van der Waals surface area contributed by atoms with Crippen molar-refractivity contribution in [1.82, 2.24) is 0 Å². The number of nitro groups is 1. The van der Waals surface area contributed by atoms with Gasteiger partial charge in [-0.25, -0.2) is 0 Å². The number of benzene rings is 1. The molecule has 0 heterocycles. The van der Waals surface area contributed by atoms with Crippen molar-refractivity contribution in [2.75, 3.05) is 37.9 Å². The highest BCUT2D eigenvalue weighted by molar-refractivity contribution is 5.63. The van der Waals surface area contributed by atoms with Gasteiger partial charge in [-0.15, -0.1) is 0 Å². The van der Waals surface area contributed by atoms with Crippen LogP contribution in [0.5, 0.6) is 0 Å². The predicted octanol–water partition coefficient (Wildman–Crippen LogP) is 1.45. The van der Waals surface area contributed by atoms with Crippen LogP contribution < -0.4 is 10.6 Å². The molecular weight excluding hydrogens is 250 g/mol. The summed E-state index contributed by atoms with van der Waals surface area (Å²) in [5.74, 6) is 0. The maximum absolute atomic E-state index is 10.8. The molecule has 0 aliphatic carbocycles. The van der Waals surface area contributed by atoms with E-state index in [1.54, 1.807) is 13.1 Å². The summed E-state index contributed by atoms with van der Waals surface area (Å²) in [7, 11) is 3.22. The second kappa shape index (κ2) is 7.55. The Hall–Kier alpha value is -1.86. The molecule has 1 atom stereocenters. The van der Waals surface area contributed by atoms with E-state index in [9.17, 15) is 15.2 Å². The molecule has 0 saturated carbocycles. The van der Waals surface area contributed by atoms with E-state index >= 15 is 0 Å². The quantitative estimate of drug-likeness (QED) is 0.488. The molecule has 3 N–H and O–H groups in total. The van der Waals surface area contributed by atoms with Gasteiger partial charge in [0.2, 0.25) is 0 Å². The van der Waals surface area contributed by atoms with Gasteiger partial charge in [0.05, 0.1) is 17.6 Å². The van der Waals surface area contributed by atoms with Gasteiger partial charge in [0, 0.05) is 44.2 Å². The van der Waals surface area contributed by atoms with Crippen molar-refractivity contribution in [3.63, 3.8) is 0 Å². The fourth-order valence-corrected chi connectivity index (χ4v) is 1.62. The number of hydrogen-bond acceptors (Lipinski definition) is 6. The molecule has 0 bridgehead atoms. The summed E-state index contributed by atoms with van der Waals surface area (Å²) in [6.45, 7) is 0.785. The number of ether oxygens (including phenoxy) is 1. The van der Waals surface area contributed by atoms with Crippen LogP contribution in [0, 0.1) is 10.1 Å². The van der Waals surface area contributed by atoms with E-state index in [1.165, 1.54) is 19.2 Å². The van der Waals surface area contributed by atoms with E-state index in [-0.39, 0.29) is 12.3 Å². The van der Waals surface area contributed by atoms with Gasteiger partial charge in [0.25, 0.3) is 5.69 Å². The normalized spacial score (nSPS) is 11.9. The summed E-state index contributed by atoms with van der Waals surface area (Å²) < 4.78 is 4.82. The summed E-state index contributed by atoms with van der Waals surface area (Å²) in [5.41, 5.74) is 1.32. The maximum Gasteiger partial charge on any atom is 0.273 e. The molecule has 0 saturated heterocycles. The second-order valence-electron chi connectivity index (χ2n) is 4.10. The van der Waals surface area contributed by atoms with Crippen LogP contribution >= 0.6 is 0 Å². The number of nitro benzene ring substituents is 1. The van der Waals surface area contributed by atoms with Crippen molar-refractivity contribution in [3.8, 4) is 0 Å². The predicted molar refractivity (Wildman–Crippen MR) is 73.6 cm³/mol. The van der Waals surface area contributed by atoms with Gasteiger partial charge in [-0.3, -0.25) is 10.1 Å². The molecular formula is C12H19N3O4. The topological polar surface area (TPSA) is 96.7 Å². The average molecular weight is 269 g/mol. The number of nitrogens with zero attached hydrogens (tertiary/aromatic N) is 1. The highest BCUT2D eigenvalue weighted by Crippen LogP contribution is 2.23. The first-order valence-corrected chi connectivity index (χ1v) is 5.95. The molecule has 19 heavy (non-hydrogen) atoms. The van der Waals surface area contributed by atoms with Crippen LogP contribution in [0.25, 0.3) is 0 Å². The molecule has 1 rings (SSSR count). The number of hydrogen-bond donors (Lipinski definition) is 3. The number of anilines is 2. The molecule has 0 fully saturated rings. The summed E-state index contributed by atoms with van der Waals surface area (Å²) in [6, 6.07) is 4.70. The fourth-order valence-electron chi connectivity index (χ4n) is 1.62. The van der Waals surface area contributed by atoms with Crippen LogP contribution in [0.3, 0.4) is 0 Å². The lowest BCUT2D eigenvalue weighted by molar-refractivity contribution is -0.384. The van der Waals surface area contributed by atoms with Gasteiger partial charge in [0.1, 0.15) is 0 Å². The molecule has 0 aromatic heterocycles. The molecule has 0 amide bonds. The van der Waals surface area contributed by atoms with Crippen LogP contribution in [0.1, 0.15) is 6.42 Å². The summed E-state index contributed by atoms with van der Waals surface area (Å²) in [4.78, 5) is 10.3. The molecule has 7 nitrogen and oxygen atoms in total. The lowest BCUT2D eigenvalue weighted by atomic mass is 10.2. The third kappa shape index (κ3) is 5.11. The highest BCUT2D eigenvalue weighted by atomic mass is 16.6. The smallest absolute Gasteiger partial charge is 0.273 e. The Morgan fingerprint density at radius 1 is 1.42 bits per heavy atom. The van der Waals surface area contributed by atoms with E-state index in [0.717, 1.165) is 0 Å². The number of nitrogens with one attached hydrogen (secondary N) is 2. The molecule has 106 valence electrons. The van der Waals surface area contributed by atoms with Crippen LogP contribution in [0.15, 0.2) is 18.2 Å². The SMILES string of the molecule is CNc1cc(NCCC(O)COC)cc([N+](=O)[O-])c1. The molecule has 0 aliphatic heterocycles. The zero-order valence-electron chi connectivity index (χ0n) is 11.0. The Balaban J connectivity index is 2.62. The summed E-state index contributed by atoms with van der Waals surface area (Å²) in [5, 5.41) is 26.2. The Labute approximate surface area is 111 Å². The molecule has 1 aromatic rings. The third-order valence-electron chi connectivity index (χ3n) is 2.58. The van der Waals surface area contributed by atoms with E-state index in [1.807, 2.05) is 0 Å². The van der Waals surface area contributed by atoms with Gasteiger partial charge in [-0.2, -0.15) is 0 Å². The lowest BCUT2D eigenvalue weighted by Gasteiger charge is -2.11. The van der Waals surface area contributed by atoms with Crippen molar-refractivity contribution < 1.29 is 14.8 Å². The second-order valence-corrected chi connectivity index (χ2v) is 4.10. The van der Waals surface area contributed by atoms with E-state index in [0.29, 0.717) is 24.3 Å². The van der Waals surface area contributed by atoms with Gasteiger partial charge < -0.3 is 20.5 Å². The fraction of sp³-hybridized carbons (Fsp3) is 0.500. The Morgan fingerprint density at radius 2 is 2.11 bits per heavy atom. The minimum absolute atomic E-state index is 0.0202. The summed E-state index contributed by atoms with van der Waals surface area (Å²) >= 11 is 0. The Kier molecular flexibility index (Phi) is 6.04. The number of aliphatic hydroxyl groups is 1. The molecule has 0 radical (unpaired) electrons. The van der Waals surface area contributed by atoms with Crippen molar-refractivity contribution in [1.29, 1.82) is 0 Å². The molecule has 1 unspecified atom stereocenters. The van der Waals surface area contributed by atoms with Gasteiger partial charge in [0.15, 0.2) is 0 Å². The Bertz CT molecular complexity index is 425. The third-order valence-corrected chi connectivity index (χ3v) is 2.58. The number of methoxy groups -OCH3 is 1. The summed E-state index contributed by atoms with van der Waals surface area (Å²) in [6.07, 6.45) is -0.0363. The van der Waals surface area contributed by atoms with Crippen molar-refractivity contribution >= 4 is 17.1 Å². The van der Waals surface area contributed by atoms with Crippen LogP contribution in [-0.4, -0.2) is 43.4 Å². The Morgan fingerprint density at radius 3 is 2.68 bits per heavy atom. The van der Waals surface area contributed by atoms with E-state index < -0.39 is 11.0 Å². The standard InChI is InChI=1S/C12H19N3O4/c1-13-9-5-10(7-11(6-9)15(17)18)14-4-3-12(16)8-19-2/h5-7,12-14,16H,3-4,8H2,1-2H3. The number of rotatable bonds is 8. The average Bonchev–Trinajstić information content (AvgIpc) is 2.38. The zero-order chi connectivity index (χ0) is 14.3. The van der Waals surface area contributed by atoms with Crippen LogP contribution in [0.4, 0.5) is 17.1 Å². The minimum Gasteiger partial charge on any atom is -0.391 e. The zero-order valence-corrected chi connectivity index (χ0v) is 11.0. The first-order valence-electron chi connectivity index (χ1n) is 5.95. The van der Waals surface area contributed by atoms with Crippen molar-refractivity contribution in [2.45, 2.75) is 12.5 Å². The first kappa shape index (κ1) is 15.2.